The normalized spacial score (nSPS) is 10.6. The fourth-order valence-corrected chi connectivity index (χ4v) is 3.23. The van der Waals surface area contributed by atoms with Gasteiger partial charge in [0, 0.05) is 9.85 Å². The van der Waals surface area contributed by atoms with Gasteiger partial charge in [-0.1, -0.05) is 15.9 Å². The predicted octanol–water partition coefficient (Wildman–Crippen LogP) is 2.68. The summed E-state index contributed by atoms with van der Waals surface area (Å²) in [4.78, 5) is 27.6. The molecule has 0 fully saturated rings. The summed E-state index contributed by atoms with van der Waals surface area (Å²) >= 11 is 4.63. The van der Waals surface area contributed by atoms with E-state index in [-0.39, 0.29) is 12.3 Å². The van der Waals surface area contributed by atoms with Crippen molar-refractivity contribution in [3.8, 4) is 5.69 Å². The van der Waals surface area contributed by atoms with E-state index in [1.54, 1.807) is 10.1 Å². The number of amides is 2. The van der Waals surface area contributed by atoms with Crippen LogP contribution in [0.25, 0.3) is 5.69 Å². The van der Waals surface area contributed by atoms with E-state index in [1.165, 1.54) is 17.5 Å². The number of halogens is 1. The molecule has 25 heavy (non-hydrogen) atoms. The summed E-state index contributed by atoms with van der Waals surface area (Å²) in [7, 11) is 0. The van der Waals surface area contributed by atoms with Gasteiger partial charge in [0.1, 0.15) is 0 Å². The molecule has 0 bridgehead atoms. The lowest BCUT2D eigenvalue weighted by molar-refractivity contribution is -0.117. The Labute approximate surface area is 156 Å². The molecule has 2 heterocycles. The predicted molar refractivity (Wildman–Crippen MR) is 99.0 cm³/mol. The van der Waals surface area contributed by atoms with Gasteiger partial charge in [-0.25, -0.2) is 9.67 Å². The fourth-order valence-electron chi connectivity index (χ4n) is 2.26. The van der Waals surface area contributed by atoms with Crippen LogP contribution in [0.5, 0.6) is 0 Å². The van der Waals surface area contributed by atoms with Gasteiger partial charge in [0.05, 0.1) is 35.3 Å². The van der Waals surface area contributed by atoms with Crippen LogP contribution in [0.3, 0.4) is 0 Å². The van der Waals surface area contributed by atoms with E-state index >= 15 is 0 Å². The number of nitrogens with one attached hydrogen (secondary N) is 1. The molecule has 0 saturated heterocycles. The van der Waals surface area contributed by atoms with E-state index in [0.29, 0.717) is 22.1 Å². The van der Waals surface area contributed by atoms with Crippen molar-refractivity contribution in [2.45, 2.75) is 13.3 Å². The third-order valence-corrected chi connectivity index (χ3v) is 4.79. The van der Waals surface area contributed by atoms with Crippen LogP contribution >= 0.6 is 27.3 Å². The monoisotopic (exact) mass is 419 g/mol. The molecule has 0 radical (unpaired) electrons. The average Bonchev–Trinajstić information content (AvgIpc) is 3.14. The van der Waals surface area contributed by atoms with Crippen LogP contribution in [0.4, 0.5) is 5.13 Å². The Morgan fingerprint density at radius 3 is 2.72 bits per heavy atom. The number of anilines is 1. The number of hydrogen-bond acceptors (Lipinski definition) is 5. The highest BCUT2D eigenvalue weighted by Gasteiger charge is 2.17. The van der Waals surface area contributed by atoms with E-state index in [0.717, 1.165) is 10.2 Å². The van der Waals surface area contributed by atoms with Gasteiger partial charge in [-0.15, -0.1) is 11.3 Å². The Hall–Kier alpha value is -2.52. The van der Waals surface area contributed by atoms with Crippen molar-refractivity contribution in [3.05, 3.63) is 57.3 Å². The third kappa shape index (κ3) is 3.94. The maximum absolute atomic E-state index is 12.5. The van der Waals surface area contributed by atoms with Gasteiger partial charge in [0.2, 0.25) is 5.91 Å². The molecule has 3 rings (SSSR count). The van der Waals surface area contributed by atoms with Crippen LogP contribution in [0.1, 0.15) is 21.7 Å². The molecular weight excluding hydrogens is 406 g/mol. The summed E-state index contributed by atoms with van der Waals surface area (Å²) < 4.78 is 2.66. The standard InChI is InChI=1S/C16H14BrN5O2S/c1-9-13(7-19-22(9)12-4-2-10(17)3-5-12)15(24)21-16-20-11(8-25-16)6-14(18)23/h2-5,7-8H,6H2,1H3,(H2,18,23)(H,20,21,24). The summed E-state index contributed by atoms with van der Waals surface area (Å²) in [5, 5.41) is 9.11. The Kier molecular flexibility index (Phi) is 4.95. The van der Waals surface area contributed by atoms with E-state index in [1.807, 2.05) is 31.2 Å². The summed E-state index contributed by atoms with van der Waals surface area (Å²) in [6, 6.07) is 7.63. The summed E-state index contributed by atoms with van der Waals surface area (Å²) in [5.41, 5.74) is 7.70. The second-order valence-corrected chi connectivity index (χ2v) is 7.05. The fraction of sp³-hybridized carbons (Fsp3) is 0.125. The molecule has 1 aromatic carbocycles. The first kappa shape index (κ1) is 17.3. The van der Waals surface area contributed by atoms with Crippen LogP contribution in [-0.2, 0) is 11.2 Å². The van der Waals surface area contributed by atoms with Gasteiger partial charge in [-0.05, 0) is 31.2 Å². The molecule has 0 saturated carbocycles. The van der Waals surface area contributed by atoms with Crippen LogP contribution in [0.15, 0.2) is 40.3 Å². The molecule has 0 unspecified atom stereocenters. The van der Waals surface area contributed by atoms with Gasteiger partial charge < -0.3 is 5.73 Å². The zero-order valence-corrected chi connectivity index (χ0v) is 15.6. The van der Waals surface area contributed by atoms with Crippen LogP contribution < -0.4 is 11.1 Å². The zero-order chi connectivity index (χ0) is 18.0. The molecule has 0 aliphatic heterocycles. The SMILES string of the molecule is Cc1c(C(=O)Nc2nc(CC(N)=O)cs2)cnn1-c1ccc(Br)cc1. The lowest BCUT2D eigenvalue weighted by Gasteiger charge is -2.05. The van der Waals surface area contributed by atoms with Crippen molar-refractivity contribution in [1.29, 1.82) is 0 Å². The second kappa shape index (κ2) is 7.16. The minimum Gasteiger partial charge on any atom is -0.369 e. The first-order valence-electron chi connectivity index (χ1n) is 7.28. The molecule has 2 aromatic heterocycles. The Morgan fingerprint density at radius 2 is 2.04 bits per heavy atom. The molecule has 128 valence electrons. The number of nitrogens with two attached hydrogens (primary N) is 1. The quantitative estimate of drug-likeness (QED) is 0.663. The highest BCUT2D eigenvalue weighted by Crippen LogP contribution is 2.20. The lowest BCUT2D eigenvalue weighted by atomic mass is 10.2. The molecule has 0 aliphatic carbocycles. The highest BCUT2D eigenvalue weighted by molar-refractivity contribution is 9.10. The largest absolute Gasteiger partial charge is 0.369 e. The number of primary amides is 1. The van der Waals surface area contributed by atoms with Crippen molar-refractivity contribution in [1.82, 2.24) is 14.8 Å². The molecule has 0 spiro atoms. The lowest BCUT2D eigenvalue weighted by Crippen LogP contribution is -2.15. The Balaban J connectivity index is 1.78. The van der Waals surface area contributed by atoms with Crippen molar-refractivity contribution in [2.24, 2.45) is 5.73 Å². The highest BCUT2D eigenvalue weighted by atomic mass is 79.9. The number of carbonyl (C=O) groups excluding carboxylic acids is 2. The van der Waals surface area contributed by atoms with Gasteiger partial charge in [0.25, 0.3) is 5.91 Å². The number of nitrogens with zero attached hydrogens (tertiary/aromatic N) is 3. The molecule has 0 aliphatic rings. The second-order valence-electron chi connectivity index (χ2n) is 5.27. The Bertz CT molecular complexity index is 932. The van der Waals surface area contributed by atoms with E-state index in [9.17, 15) is 9.59 Å². The number of aromatic nitrogens is 3. The van der Waals surface area contributed by atoms with Gasteiger partial charge in [0.15, 0.2) is 5.13 Å². The molecule has 9 heteroatoms. The average molecular weight is 420 g/mol. The van der Waals surface area contributed by atoms with Crippen molar-refractivity contribution in [2.75, 3.05) is 5.32 Å². The molecule has 3 aromatic rings. The van der Waals surface area contributed by atoms with Crippen molar-refractivity contribution < 1.29 is 9.59 Å². The maximum Gasteiger partial charge on any atom is 0.260 e. The molecule has 2 amide bonds. The summed E-state index contributed by atoms with van der Waals surface area (Å²) in [6.07, 6.45) is 1.57. The van der Waals surface area contributed by atoms with Gasteiger partial charge in [-0.3, -0.25) is 14.9 Å². The maximum atomic E-state index is 12.5. The summed E-state index contributed by atoms with van der Waals surface area (Å²) in [6.45, 7) is 1.82. The first-order chi connectivity index (χ1) is 11.9. The molecule has 0 atom stereocenters. The third-order valence-electron chi connectivity index (χ3n) is 3.45. The number of rotatable bonds is 5. The van der Waals surface area contributed by atoms with Crippen molar-refractivity contribution >= 4 is 44.2 Å². The van der Waals surface area contributed by atoms with E-state index in [2.05, 4.69) is 31.3 Å². The first-order valence-corrected chi connectivity index (χ1v) is 8.96. The molecule has 7 nitrogen and oxygen atoms in total. The number of hydrogen-bond donors (Lipinski definition) is 2. The van der Waals surface area contributed by atoms with E-state index < -0.39 is 5.91 Å². The number of benzene rings is 1. The topological polar surface area (TPSA) is 103 Å². The van der Waals surface area contributed by atoms with E-state index in [4.69, 9.17) is 5.73 Å². The summed E-state index contributed by atoms with van der Waals surface area (Å²) in [5.74, 6) is -0.768. The minimum absolute atomic E-state index is 0.0485. The van der Waals surface area contributed by atoms with Gasteiger partial charge >= 0.3 is 0 Å². The molecule has 3 N–H and O–H groups in total. The smallest absolute Gasteiger partial charge is 0.260 e. The Morgan fingerprint density at radius 1 is 1.32 bits per heavy atom. The number of carbonyl (C=O) groups is 2. The number of thiazole rings is 1. The zero-order valence-electron chi connectivity index (χ0n) is 13.2. The van der Waals surface area contributed by atoms with Crippen LogP contribution in [-0.4, -0.2) is 26.6 Å². The van der Waals surface area contributed by atoms with Gasteiger partial charge in [-0.2, -0.15) is 5.10 Å². The van der Waals surface area contributed by atoms with Crippen LogP contribution in [0.2, 0.25) is 0 Å². The minimum atomic E-state index is -0.463. The molecular formula is C16H14BrN5O2S. The van der Waals surface area contributed by atoms with Crippen LogP contribution in [0, 0.1) is 6.92 Å². The van der Waals surface area contributed by atoms with Crippen molar-refractivity contribution in [3.63, 3.8) is 0 Å².